The summed E-state index contributed by atoms with van der Waals surface area (Å²) in [6, 6.07) is 4.56. The lowest BCUT2D eigenvalue weighted by atomic mass is 10.1. The molecule has 0 aliphatic heterocycles. The van der Waals surface area contributed by atoms with Gasteiger partial charge in [-0.15, -0.1) is 0 Å². The van der Waals surface area contributed by atoms with Crippen LogP contribution in [-0.4, -0.2) is 26.2 Å². The average Bonchev–Trinajstić information content (AvgIpc) is 2.24. The van der Waals surface area contributed by atoms with Crippen molar-refractivity contribution in [3.8, 4) is 0 Å². The second kappa shape index (κ2) is 6.14. The quantitative estimate of drug-likeness (QED) is 0.865. The van der Waals surface area contributed by atoms with Crippen LogP contribution in [-0.2, 0) is 10.0 Å². The molecular weight excluding hydrogens is 318 g/mol. The standard InChI is InChI=1S/C12H18BrNO3S/c1-8(2)11(7-15)14-18(16,17)12-5-4-9(3)6-10(12)13/h4-6,8,11,14-15H,7H2,1-3H3/t11-/m1/s1. The highest BCUT2D eigenvalue weighted by molar-refractivity contribution is 9.10. The summed E-state index contributed by atoms with van der Waals surface area (Å²) in [7, 11) is -3.62. The van der Waals surface area contributed by atoms with E-state index in [1.807, 2.05) is 20.8 Å². The fraction of sp³-hybridized carbons (Fsp3) is 0.500. The van der Waals surface area contributed by atoms with Crippen LogP contribution in [0.5, 0.6) is 0 Å². The first-order chi connectivity index (χ1) is 8.27. The van der Waals surface area contributed by atoms with Crippen molar-refractivity contribution in [2.45, 2.75) is 31.7 Å². The number of aliphatic hydroxyl groups is 1. The average molecular weight is 336 g/mol. The molecule has 0 saturated carbocycles. The topological polar surface area (TPSA) is 66.4 Å². The van der Waals surface area contributed by atoms with E-state index in [2.05, 4.69) is 20.7 Å². The molecule has 18 heavy (non-hydrogen) atoms. The SMILES string of the molecule is Cc1ccc(S(=O)(=O)N[C@H](CO)C(C)C)c(Br)c1. The lowest BCUT2D eigenvalue weighted by Gasteiger charge is -2.20. The number of aryl methyl sites for hydroxylation is 1. The number of benzene rings is 1. The largest absolute Gasteiger partial charge is 0.395 e. The molecule has 0 unspecified atom stereocenters. The van der Waals surface area contributed by atoms with Crippen LogP contribution in [0.15, 0.2) is 27.6 Å². The molecule has 102 valence electrons. The summed E-state index contributed by atoms with van der Waals surface area (Å²) in [5.74, 6) is 0.0222. The van der Waals surface area contributed by atoms with E-state index >= 15 is 0 Å². The predicted molar refractivity (Wildman–Crippen MR) is 74.9 cm³/mol. The molecule has 1 aromatic carbocycles. The molecule has 0 amide bonds. The minimum Gasteiger partial charge on any atom is -0.395 e. The Morgan fingerprint density at radius 3 is 2.44 bits per heavy atom. The third-order valence-corrected chi connectivity index (χ3v) is 5.15. The van der Waals surface area contributed by atoms with Gasteiger partial charge in [-0.2, -0.15) is 0 Å². The van der Waals surface area contributed by atoms with Crippen molar-refractivity contribution in [3.05, 3.63) is 28.2 Å². The van der Waals surface area contributed by atoms with Gasteiger partial charge in [0.25, 0.3) is 0 Å². The van der Waals surface area contributed by atoms with Gasteiger partial charge in [-0.1, -0.05) is 19.9 Å². The Morgan fingerprint density at radius 1 is 1.39 bits per heavy atom. The van der Waals surface area contributed by atoms with Crippen molar-refractivity contribution < 1.29 is 13.5 Å². The summed E-state index contributed by atoms with van der Waals surface area (Å²) < 4.78 is 27.4. The molecule has 0 aromatic heterocycles. The smallest absolute Gasteiger partial charge is 0.242 e. The molecule has 0 radical (unpaired) electrons. The Hall–Kier alpha value is -0.430. The van der Waals surface area contributed by atoms with E-state index in [1.54, 1.807) is 18.2 Å². The summed E-state index contributed by atoms with van der Waals surface area (Å²) in [6.45, 7) is 5.38. The molecule has 0 saturated heterocycles. The van der Waals surface area contributed by atoms with Gasteiger partial charge in [-0.3, -0.25) is 0 Å². The van der Waals surface area contributed by atoms with Crippen molar-refractivity contribution in [3.63, 3.8) is 0 Å². The number of halogens is 1. The molecule has 4 nitrogen and oxygen atoms in total. The molecule has 0 aliphatic carbocycles. The van der Waals surface area contributed by atoms with E-state index in [1.165, 1.54) is 0 Å². The zero-order valence-corrected chi connectivity index (χ0v) is 13.0. The van der Waals surface area contributed by atoms with Gasteiger partial charge in [0, 0.05) is 10.5 Å². The van der Waals surface area contributed by atoms with Crippen molar-refractivity contribution in [2.24, 2.45) is 5.92 Å². The van der Waals surface area contributed by atoms with Crippen LogP contribution >= 0.6 is 15.9 Å². The van der Waals surface area contributed by atoms with Crippen molar-refractivity contribution >= 4 is 26.0 Å². The number of sulfonamides is 1. The first-order valence-corrected chi connectivity index (χ1v) is 7.95. The molecular formula is C12H18BrNO3S. The fourth-order valence-electron chi connectivity index (χ4n) is 1.47. The zero-order valence-electron chi connectivity index (χ0n) is 10.6. The molecule has 1 atom stereocenters. The van der Waals surface area contributed by atoms with Crippen LogP contribution in [0, 0.1) is 12.8 Å². The first-order valence-electron chi connectivity index (χ1n) is 5.67. The maximum atomic E-state index is 12.2. The van der Waals surface area contributed by atoms with Crippen LogP contribution in [0.4, 0.5) is 0 Å². The van der Waals surface area contributed by atoms with Crippen LogP contribution in [0.1, 0.15) is 19.4 Å². The fourth-order valence-corrected chi connectivity index (χ4v) is 4.04. The van der Waals surface area contributed by atoms with E-state index in [0.29, 0.717) is 4.47 Å². The summed E-state index contributed by atoms with van der Waals surface area (Å²) in [4.78, 5) is 0.187. The van der Waals surface area contributed by atoms with Gasteiger partial charge in [0.2, 0.25) is 10.0 Å². The highest BCUT2D eigenvalue weighted by Crippen LogP contribution is 2.23. The normalized spacial score (nSPS) is 13.9. The van der Waals surface area contributed by atoms with E-state index in [9.17, 15) is 13.5 Å². The second-order valence-corrected chi connectivity index (χ2v) is 7.12. The van der Waals surface area contributed by atoms with Crippen LogP contribution in [0.25, 0.3) is 0 Å². The Kier molecular flexibility index (Phi) is 5.33. The monoisotopic (exact) mass is 335 g/mol. The lowest BCUT2D eigenvalue weighted by molar-refractivity contribution is 0.227. The number of nitrogens with one attached hydrogen (secondary N) is 1. The number of hydrogen-bond acceptors (Lipinski definition) is 3. The molecule has 2 N–H and O–H groups in total. The maximum Gasteiger partial charge on any atom is 0.242 e. The van der Waals surface area contributed by atoms with Crippen LogP contribution < -0.4 is 4.72 Å². The van der Waals surface area contributed by atoms with Gasteiger partial charge in [-0.05, 0) is 46.5 Å². The number of aliphatic hydroxyl groups excluding tert-OH is 1. The van der Waals surface area contributed by atoms with E-state index in [-0.39, 0.29) is 17.4 Å². The minimum atomic E-state index is -3.62. The minimum absolute atomic E-state index is 0.0222. The number of rotatable bonds is 5. The molecule has 0 bridgehead atoms. The summed E-state index contributed by atoms with van der Waals surface area (Å²) >= 11 is 3.25. The third-order valence-electron chi connectivity index (χ3n) is 2.68. The predicted octanol–water partition coefficient (Wildman–Crippen LogP) is 2.05. The number of hydrogen-bond donors (Lipinski definition) is 2. The van der Waals surface area contributed by atoms with E-state index in [4.69, 9.17) is 0 Å². The molecule has 0 spiro atoms. The van der Waals surface area contributed by atoms with Crippen LogP contribution in [0.3, 0.4) is 0 Å². The van der Waals surface area contributed by atoms with Gasteiger partial charge >= 0.3 is 0 Å². The lowest BCUT2D eigenvalue weighted by Crippen LogP contribution is -2.41. The Morgan fingerprint density at radius 2 is 2.00 bits per heavy atom. The van der Waals surface area contributed by atoms with Crippen molar-refractivity contribution in [2.75, 3.05) is 6.61 Å². The second-order valence-electron chi connectivity index (χ2n) is 4.59. The molecule has 0 heterocycles. The van der Waals surface area contributed by atoms with E-state index < -0.39 is 16.1 Å². The van der Waals surface area contributed by atoms with Crippen molar-refractivity contribution in [1.29, 1.82) is 0 Å². The van der Waals surface area contributed by atoms with Gasteiger partial charge in [0.05, 0.1) is 11.5 Å². The highest BCUT2D eigenvalue weighted by atomic mass is 79.9. The zero-order chi connectivity index (χ0) is 13.9. The third kappa shape index (κ3) is 3.78. The molecule has 1 aromatic rings. The Balaban J connectivity index is 3.06. The summed E-state index contributed by atoms with van der Waals surface area (Å²) in [6.07, 6.45) is 0. The first kappa shape index (κ1) is 15.6. The van der Waals surface area contributed by atoms with Crippen LogP contribution in [0.2, 0.25) is 0 Å². The molecule has 1 rings (SSSR count). The molecule has 0 aliphatic rings. The van der Waals surface area contributed by atoms with Crippen molar-refractivity contribution in [1.82, 2.24) is 4.72 Å². The van der Waals surface area contributed by atoms with Gasteiger partial charge in [0.15, 0.2) is 0 Å². The van der Waals surface area contributed by atoms with Gasteiger partial charge < -0.3 is 5.11 Å². The highest BCUT2D eigenvalue weighted by Gasteiger charge is 2.23. The Labute approximate surface area is 117 Å². The van der Waals surface area contributed by atoms with Gasteiger partial charge in [-0.25, -0.2) is 13.1 Å². The van der Waals surface area contributed by atoms with E-state index in [0.717, 1.165) is 5.56 Å². The maximum absolute atomic E-state index is 12.2. The molecule has 0 fully saturated rings. The molecule has 6 heteroatoms. The van der Waals surface area contributed by atoms with Gasteiger partial charge in [0.1, 0.15) is 0 Å². The summed E-state index contributed by atoms with van der Waals surface area (Å²) in [5.41, 5.74) is 0.975. The summed E-state index contributed by atoms with van der Waals surface area (Å²) in [5, 5.41) is 9.18. The Bertz CT molecular complexity index is 514.